The third-order valence-electron chi connectivity index (χ3n) is 4.99. The molecule has 1 N–H and O–H groups in total. The Morgan fingerprint density at radius 2 is 2.00 bits per heavy atom. The Morgan fingerprint density at radius 3 is 2.70 bits per heavy atom. The summed E-state index contributed by atoms with van der Waals surface area (Å²) in [4.78, 5) is 14.2. The Morgan fingerprint density at radius 1 is 1.30 bits per heavy atom. The molecule has 1 atom stereocenters. The van der Waals surface area contributed by atoms with Crippen LogP contribution in [0.25, 0.3) is 0 Å². The molecular weight excluding hydrogens is 383 g/mol. The molecule has 1 aliphatic carbocycles. The number of carbonyl (C=O) groups excluding carboxylic acids is 1. The summed E-state index contributed by atoms with van der Waals surface area (Å²) in [6.45, 7) is 1.94. The van der Waals surface area contributed by atoms with E-state index in [1.807, 2.05) is 6.92 Å². The van der Waals surface area contributed by atoms with Crippen LogP contribution in [-0.4, -0.2) is 39.8 Å². The van der Waals surface area contributed by atoms with Crippen LogP contribution in [0.3, 0.4) is 0 Å². The SMILES string of the molecule is CC(c1ccc(F)cc1)N(C)C(=O)CSc1nnc(NC2CCCCC2)s1. The Balaban J connectivity index is 1.48. The zero-order valence-corrected chi connectivity index (χ0v) is 17.3. The molecule has 3 rings (SSSR count). The van der Waals surface area contributed by atoms with E-state index in [-0.39, 0.29) is 17.8 Å². The van der Waals surface area contributed by atoms with Crippen LogP contribution >= 0.6 is 23.1 Å². The van der Waals surface area contributed by atoms with E-state index in [1.54, 1.807) is 24.1 Å². The van der Waals surface area contributed by atoms with E-state index in [1.165, 1.54) is 67.3 Å². The van der Waals surface area contributed by atoms with Crippen molar-refractivity contribution in [2.45, 2.75) is 55.5 Å². The van der Waals surface area contributed by atoms with Gasteiger partial charge in [-0.25, -0.2) is 4.39 Å². The highest BCUT2D eigenvalue weighted by atomic mass is 32.2. The topological polar surface area (TPSA) is 58.1 Å². The fourth-order valence-electron chi connectivity index (χ4n) is 3.15. The highest BCUT2D eigenvalue weighted by Crippen LogP contribution is 2.29. The molecule has 1 fully saturated rings. The van der Waals surface area contributed by atoms with Crippen molar-refractivity contribution in [2.24, 2.45) is 0 Å². The zero-order valence-electron chi connectivity index (χ0n) is 15.7. The average Bonchev–Trinajstić information content (AvgIpc) is 3.13. The monoisotopic (exact) mass is 408 g/mol. The lowest BCUT2D eigenvalue weighted by molar-refractivity contribution is -0.128. The molecule has 1 amide bonds. The predicted molar refractivity (Wildman–Crippen MR) is 109 cm³/mol. The number of nitrogens with one attached hydrogen (secondary N) is 1. The van der Waals surface area contributed by atoms with Gasteiger partial charge in [0.25, 0.3) is 0 Å². The maximum Gasteiger partial charge on any atom is 0.233 e. The number of halogens is 1. The number of hydrogen-bond donors (Lipinski definition) is 1. The van der Waals surface area contributed by atoms with Crippen molar-refractivity contribution in [2.75, 3.05) is 18.1 Å². The zero-order chi connectivity index (χ0) is 19.2. The van der Waals surface area contributed by atoms with Gasteiger partial charge in [-0.15, -0.1) is 10.2 Å². The van der Waals surface area contributed by atoms with Crippen molar-refractivity contribution in [3.8, 4) is 0 Å². The van der Waals surface area contributed by atoms with Crippen molar-refractivity contribution >= 4 is 34.1 Å². The normalized spacial score (nSPS) is 16.1. The Bertz CT molecular complexity index is 746. The van der Waals surface area contributed by atoms with Gasteiger partial charge in [0, 0.05) is 13.1 Å². The first-order valence-corrected chi connectivity index (χ1v) is 11.1. The molecule has 1 aromatic heterocycles. The molecule has 5 nitrogen and oxygen atoms in total. The van der Waals surface area contributed by atoms with Gasteiger partial charge in [-0.05, 0) is 37.5 Å². The molecule has 0 bridgehead atoms. The fraction of sp³-hybridized carbons (Fsp3) is 0.526. The summed E-state index contributed by atoms with van der Waals surface area (Å²) in [5.41, 5.74) is 0.909. The molecule has 1 aromatic carbocycles. The van der Waals surface area contributed by atoms with Crippen molar-refractivity contribution in [3.05, 3.63) is 35.6 Å². The third kappa shape index (κ3) is 5.65. The number of benzene rings is 1. The Kier molecular flexibility index (Phi) is 7.07. The first kappa shape index (κ1) is 20.1. The van der Waals surface area contributed by atoms with Crippen LogP contribution in [0.1, 0.15) is 50.6 Å². The number of amides is 1. The molecular formula is C19H25FN4OS2. The maximum absolute atomic E-state index is 13.1. The van der Waals surface area contributed by atoms with Crippen LogP contribution in [0.5, 0.6) is 0 Å². The number of aromatic nitrogens is 2. The van der Waals surface area contributed by atoms with E-state index < -0.39 is 0 Å². The van der Waals surface area contributed by atoms with E-state index in [2.05, 4.69) is 15.5 Å². The van der Waals surface area contributed by atoms with Gasteiger partial charge >= 0.3 is 0 Å². The van der Waals surface area contributed by atoms with Crippen LogP contribution in [0.2, 0.25) is 0 Å². The standard InChI is InChI=1S/C19H25FN4OS2/c1-13(14-8-10-15(20)11-9-14)24(2)17(25)12-26-19-23-22-18(27-19)21-16-6-4-3-5-7-16/h8-11,13,16H,3-7,12H2,1-2H3,(H,21,22). The first-order chi connectivity index (χ1) is 13.0. The third-order valence-corrected chi connectivity index (χ3v) is 6.96. The average molecular weight is 409 g/mol. The van der Waals surface area contributed by atoms with Crippen LogP contribution < -0.4 is 5.32 Å². The van der Waals surface area contributed by atoms with E-state index >= 15 is 0 Å². The molecule has 1 aliphatic rings. The van der Waals surface area contributed by atoms with Gasteiger partial charge in [-0.1, -0.05) is 54.5 Å². The number of thioether (sulfide) groups is 1. The van der Waals surface area contributed by atoms with Crippen molar-refractivity contribution in [1.29, 1.82) is 0 Å². The quantitative estimate of drug-likeness (QED) is 0.671. The molecule has 27 heavy (non-hydrogen) atoms. The van der Waals surface area contributed by atoms with Crippen LogP contribution in [-0.2, 0) is 4.79 Å². The molecule has 0 spiro atoms. The molecule has 0 saturated heterocycles. The van der Waals surface area contributed by atoms with Crippen molar-refractivity contribution in [1.82, 2.24) is 15.1 Å². The maximum atomic E-state index is 13.1. The minimum Gasteiger partial charge on any atom is -0.357 e. The predicted octanol–water partition coefficient (Wildman–Crippen LogP) is 4.73. The molecule has 1 saturated carbocycles. The van der Waals surface area contributed by atoms with Gasteiger partial charge in [-0.2, -0.15) is 0 Å². The smallest absolute Gasteiger partial charge is 0.233 e. The van der Waals surface area contributed by atoms with Crippen LogP contribution in [0.15, 0.2) is 28.6 Å². The van der Waals surface area contributed by atoms with Gasteiger partial charge < -0.3 is 10.2 Å². The van der Waals surface area contributed by atoms with Gasteiger partial charge in [-0.3, -0.25) is 4.79 Å². The number of carbonyl (C=O) groups is 1. The van der Waals surface area contributed by atoms with E-state index in [0.29, 0.717) is 11.8 Å². The number of rotatable bonds is 7. The summed E-state index contributed by atoms with van der Waals surface area (Å²) in [5.74, 6) is 0.0401. The number of nitrogens with zero attached hydrogens (tertiary/aromatic N) is 3. The lowest BCUT2D eigenvalue weighted by Gasteiger charge is -2.25. The molecule has 1 heterocycles. The summed E-state index contributed by atoms with van der Waals surface area (Å²) in [7, 11) is 1.77. The van der Waals surface area contributed by atoms with E-state index in [9.17, 15) is 9.18 Å². The molecule has 1 unspecified atom stereocenters. The second-order valence-corrected chi connectivity index (χ2v) is 9.07. The largest absolute Gasteiger partial charge is 0.357 e. The molecule has 0 aliphatic heterocycles. The Hall–Kier alpha value is -1.67. The Labute approximate surface area is 167 Å². The van der Waals surface area contributed by atoms with Gasteiger partial charge in [0.2, 0.25) is 11.0 Å². The van der Waals surface area contributed by atoms with Gasteiger partial charge in [0.05, 0.1) is 11.8 Å². The van der Waals surface area contributed by atoms with E-state index in [0.717, 1.165) is 15.0 Å². The van der Waals surface area contributed by atoms with Gasteiger partial charge in [0.15, 0.2) is 4.34 Å². The molecule has 146 valence electrons. The molecule has 2 aromatic rings. The number of anilines is 1. The first-order valence-electron chi connectivity index (χ1n) is 9.27. The van der Waals surface area contributed by atoms with Crippen molar-refractivity contribution in [3.63, 3.8) is 0 Å². The van der Waals surface area contributed by atoms with Gasteiger partial charge in [0.1, 0.15) is 5.82 Å². The van der Waals surface area contributed by atoms with Crippen LogP contribution in [0, 0.1) is 5.82 Å². The summed E-state index contributed by atoms with van der Waals surface area (Å²) >= 11 is 2.91. The molecule has 8 heteroatoms. The summed E-state index contributed by atoms with van der Waals surface area (Å²) in [6, 6.07) is 6.64. The highest BCUT2D eigenvalue weighted by Gasteiger charge is 2.19. The fourth-order valence-corrected chi connectivity index (χ4v) is 4.91. The second kappa shape index (κ2) is 9.50. The highest BCUT2D eigenvalue weighted by molar-refractivity contribution is 8.01. The lowest BCUT2D eigenvalue weighted by Crippen LogP contribution is -2.31. The lowest BCUT2D eigenvalue weighted by atomic mass is 9.96. The summed E-state index contributed by atoms with van der Waals surface area (Å²) < 4.78 is 13.9. The van der Waals surface area contributed by atoms with Crippen LogP contribution in [0.4, 0.5) is 9.52 Å². The van der Waals surface area contributed by atoms with E-state index in [4.69, 9.17) is 0 Å². The second-order valence-electron chi connectivity index (χ2n) is 6.87. The minimum absolute atomic E-state index is 0.00816. The molecule has 0 radical (unpaired) electrons. The summed E-state index contributed by atoms with van der Waals surface area (Å²) in [6.07, 6.45) is 6.23. The van der Waals surface area contributed by atoms with Crippen molar-refractivity contribution < 1.29 is 9.18 Å². The number of hydrogen-bond acceptors (Lipinski definition) is 6. The summed E-state index contributed by atoms with van der Waals surface area (Å²) in [5, 5.41) is 12.7. The minimum atomic E-state index is -0.274.